The molecule has 2 aliphatic rings. The molecule has 2 fully saturated rings. The van der Waals surface area contributed by atoms with Gasteiger partial charge in [0.15, 0.2) is 6.29 Å². The minimum atomic E-state index is -0.136. The quantitative estimate of drug-likeness (QED) is 0.768. The van der Waals surface area contributed by atoms with Crippen molar-refractivity contribution in [2.75, 3.05) is 13.2 Å². The first kappa shape index (κ1) is 15.1. The average molecular weight is 288 g/mol. The number of hydrogen-bond acceptors (Lipinski definition) is 2. The Morgan fingerprint density at radius 1 is 1.05 bits per heavy atom. The van der Waals surface area contributed by atoms with E-state index in [1.54, 1.807) is 0 Å². The van der Waals surface area contributed by atoms with E-state index in [0.717, 1.165) is 25.0 Å². The van der Waals surface area contributed by atoms with Crippen LogP contribution in [0.4, 0.5) is 0 Å². The van der Waals surface area contributed by atoms with E-state index in [4.69, 9.17) is 9.47 Å². The van der Waals surface area contributed by atoms with Gasteiger partial charge in [0.05, 0.1) is 13.2 Å². The number of rotatable bonds is 5. The molecule has 2 unspecified atom stereocenters. The van der Waals surface area contributed by atoms with Gasteiger partial charge in [0.25, 0.3) is 0 Å². The van der Waals surface area contributed by atoms with Crippen LogP contribution in [-0.2, 0) is 15.9 Å². The lowest BCUT2D eigenvalue weighted by atomic mass is 9.74. The maximum atomic E-state index is 5.62. The topological polar surface area (TPSA) is 18.5 Å². The molecule has 1 heterocycles. The Morgan fingerprint density at radius 2 is 1.81 bits per heavy atom. The Balaban J connectivity index is 1.67. The Hall–Kier alpha value is -0.860. The van der Waals surface area contributed by atoms with Gasteiger partial charge in [0, 0.05) is 5.56 Å². The van der Waals surface area contributed by atoms with Gasteiger partial charge in [0.2, 0.25) is 0 Å². The molecule has 2 heteroatoms. The Kier molecular flexibility index (Phi) is 5.32. The van der Waals surface area contributed by atoms with Gasteiger partial charge in [-0.05, 0) is 30.2 Å². The van der Waals surface area contributed by atoms with Crippen molar-refractivity contribution >= 4 is 0 Å². The summed E-state index contributed by atoms with van der Waals surface area (Å²) in [4.78, 5) is 0. The fraction of sp³-hybridized carbons (Fsp3) is 0.684. The van der Waals surface area contributed by atoms with Crippen LogP contribution in [0.25, 0.3) is 0 Å². The monoisotopic (exact) mass is 288 g/mol. The Morgan fingerprint density at radius 3 is 2.57 bits per heavy atom. The maximum absolute atomic E-state index is 5.62. The summed E-state index contributed by atoms with van der Waals surface area (Å²) >= 11 is 0. The smallest absolute Gasteiger partial charge is 0.184 e. The summed E-state index contributed by atoms with van der Waals surface area (Å²) in [6.45, 7) is 3.76. The van der Waals surface area contributed by atoms with Gasteiger partial charge >= 0.3 is 0 Å². The third-order valence-corrected chi connectivity index (χ3v) is 5.07. The third kappa shape index (κ3) is 3.87. The van der Waals surface area contributed by atoms with Crippen LogP contribution in [0.2, 0.25) is 0 Å². The van der Waals surface area contributed by atoms with Crippen LogP contribution in [0.3, 0.4) is 0 Å². The summed E-state index contributed by atoms with van der Waals surface area (Å²) in [6.07, 6.45) is 9.51. The highest BCUT2D eigenvalue weighted by atomic mass is 16.7. The highest BCUT2D eigenvalue weighted by molar-refractivity contribution is 5.25. The molecule has 1 aromatic carbocycles. The highest BCUT2D eigenvalue weighted by Gasteiger charge is 2.25. The third-order valence-electron chi connectivity index (χ3n) is 5.07. The van der Waals surface area contributed by atoms with E-state index in [9.17, 15) is 0 Å². The Labute approximate surface area is 128 Å². The van der Waals surface area contributed by atoms with Crippen molar-refractivity contribution < 1.29 is 9.47 Å². The first-order valence-electron chi connectivity index (χ1n) is 8.69. The molecule has 3 rings (SSSR count). The molecule has 1 saturated heterocycles. The molecule has 0 spiro atoms. The van der Waals surface area contributed by atoms with Gasteiger partial charge in [-0.25, -0.2) is 0 Å². The summed E-state index contributed by atoms with van der Waals surface area (Å²) < 4.78 is 11.2. The summed E-state index contributed by atoms with van der Waals surface area (Å²) in [5.74, 6) is 1.81. The minimum Gasteiger partial charge on any atom is -0.346 e. The standard InChI is InChI=1S/C19H28O2/c1-2-6-16-8-3-4-9-17(16)13-15-7-5-10-18(14-15)19-20-11-12-21-19/h5,7,10,14,16-17,19H,2-4,6,8-9,11-13H2,1H3. The van der Waals surface area contributed by atoms with Gasteiger partial charge in [0.1, 0.15) is 0 Å². The molecule has 2 nitrogen and oxygen atoms in total. The average Bonchev–Trinajstić information content (AvgIpc) is 3.04. The van der Waals surface area contributed by atoms with Crippen LogP contribution < -0.4 is 0 Å². The first-order valence-corrected chi connectivity index (χ1v) is 8.69. The molecule has 0 bridgehead atoms. The fourth-order valence-electron chi connectivity index (χ4n) is 4.02. The number of hydrogen-bond donors (Lipinski definition) is 0. The van der Waals surface area contributed by atoms with Gasteiger partial charge in [-0.15, -0.1) is 0 Å². The van der Waals surface area contributed by atoms with Crippen molar-refractivity contribution in [3.05, 3.63) is 35.4 Å². The first-order chi connectivity index (χ1) is 10.4. The predicted molar refractivity (Wildman–Crippen MR) is 85.1 cm³/mol. The molecule has 2 atom stereocenters. The van der Waals surface area contributed by atoms with E-state index >= 15 is 0 Å². The lowest BCUT2D eigenvalue weighted by Gasteiger charge is -2.31. The number of benzene rings is 1. The molecule has 1 aliphatic heterocycles. The fourth-order valence-corrected chi connectivity index (χ4v) is 4.02. The summed E-state index contributed by atoms with van der Waals surface area (Å²) in [6, 6.07) is 8.86. The van der Waals surface area contributed by atoms with Crippen molar-refractivity contribution in [1.29, 1.82) is 0 Å². The summed E-state index contributed by atoms with van der Waals surface area (Å²) in [7, 11) is 0. The van der Waals surface area contributed by atoms with Crippen LogP contribution in [0.15, 0.2) is 24.3 Å². The van der Waals surface area contributed by atoms with Crippen LogP contribution in [-0.4, -0.2) is 13.2 Å². The van der Waals surface area contributed by atoms with Crippen LogP contribution in [0, 0.1) is 11.8 Å². The van der Waals surface area contributed by atoms with Gasteiger partial charge in [-0.3, -0.25) is 0 Å². The van der Waals surface area contributed by atoms with E-state index in [2.05, 4.69) is 31.2 Å². The van der Waals surface area contributed by atoms with Gasteiger partial charge in [-0.2, -0.15) is 0 Å². The van der Waals surface area contributed by atoms with E-state index in [1.807, 2.05) is 0 Å². The molecule has 0 radical (unpaired) electrons. The van der Waals surface area contributed by atoms with E-state index in [1.165, 1.54) is 56.1 Å². The molecule has 1 aromatic rings. The van der Waals surface area contributed by atoms with E-state index in [0.29, 0.717) is 0 Å². The highest BCUT2D eigenvalue weighted by Crippen LogP contribution is 2.36. The molecule has 21 heavy (non-hydrogen) atoms. The molecular weight excluding hydrogens is 260 g/mol. The van der Waals surface area contributed by atoms with Crippen LogP contribution in [0.5, 0.6) is 0 Å². The lowest BCUT2D eigenvalue weighted by Crippen LogP contribution is -2.21. The van der Waals surface area contributed by atoms with Crippen molar-refractivity contribution in [3.63, 3.8) is 0 Å². The van der Waals surface area contributed by atoms with Crippen LogP contribution in [0.1, 0.15) is 62.9 Å². The zero-order chi connectivity index (χ0) is 14.5. The van der Waals surface area contributed by atoms with Crippen molar-refractivity contribution in [1.82, 2.24) is 0 Å². The zero-order valence-corrected chi connectivity index (χ0v) is 13.2. The van der Waals surface area contributed by atoms with Crippen molar-refractivity contribution in [2.45, 2.75) is 58.2 Å². The number of ether oxygens (including phenoxy) is 2. The molecule has 0 aromatic heterocycles. The van der Waals surface area contributed by atoms with E-state index < -0.39 is 0 Å². The van der Waals surface area contributed by atoms with Crippen molar-refractivity contribution in [3.8, 4) is 0 Å². The van der Waals surface area contributed by atoms with Crippen molar-refractivity contribution in [2.24, 2.45) is 11.8 Å². The Bertz CT molecular complexity index is 435. The molecular formula is C19H28O2. The maximum Gasteiger partial charge on any atom is 0.184 e. The normalized spacial score (nSPS) is 27.1. The second kappa shape index (κ2) is 7.42. The zero-order valence-electron chi connectivity index (χ0n) is 13.2. The van der Waals surface area contributed by atoms with E-state index in [-0.39, 0.29) is 6.29 Å². The second-order valence-electron chi connectivity index (χ2n) is 6.62. The molecule has 0 amide bonds. The summed E-state index contributed by atoms with van der Waals surface area (Å²) in [5.41, 5.74) is 2.65. The van der Waals surface area contributed by atoms with Crippen LogP contribution >= 0.6 is 0 Å². The molecule has 1 aliphatic carbocycles. The SMILES string of the molecule is CCCC1CCCCC1Cc1cccc(C2OCCO2)c1. The molecule has 0 N–H and O–H groups in total. The van der Waals surface area contributed by atoms with Gasteiger partial charge in [-0.1, -0.05) is 63.3 Å². The predicted octanol–water partition coefficient (Wildman–Crippen LogP) is 4.88. The largest absolute Gasteiger partial charge is 0.346 e. The summed E-state index contributed by atoms with van der Waals surface area (Å²) in [5, 5.41) is 0. The molecule has 1 saturated carbocycles. The minimum absolute atomic E-state index is 0.136. The second-order valence-corrected chi connectivity index (χ2v) is 6.62. The van der Waals surface area contributed by atoms with Gasteiger partial charge < -0.3 is 9.47 Å². The molecule has 116 valence electrons. The lowest BCUT2D eigenvalue weighted by molar-refractivity contribution is -0.0441.